The Labute approximate surface area is 95.9 Å². The topological polar surface area (TPSA) is 12.5 Å². The zero-order chi connectivity index (χ0) is 11.8. The molecule has 1 atom stereocenters. The van der Waals surface area contributed by atoms with E-state index in [1.165, 1.54) is 0 Å². The molecule has 1 aliphatic heterocycles. The third-order valence-corrected chi connectivity index (χ3v) is 3.58. The molecule has 94 valence electrons. The number of nitrogens with zero attached hydrogens (tertiary/aromatic N) is 1. The summed E-state index contributed by atoms with van der Waals surface area (Å²) >= 11 is 0. The largest absolute Gasteiger partial charge is 0.377 e. The van der Waals surface area contributed by atoms with Crippen LogP contribution in [0.4, 0.5) is 8.78 Å². The molecule has 2 aliphatic rings. The molecular weight excluding hydrogens is 212 g/mol. The molecule has 1 saturated carbocycles. The zero-order valence-corrected chi connectivity index (χ0v) is 10.1. The summed E-state index contributed by atoms with van der Waals surface area (Å²) in [5.41, 5.74) is 0. The molecule has 1 saturated heterocycles. The third kappa shape index (κ3) is 2.72. The van der Waals surface area contributed by atoms with Crippen molar-refractivity contribution in [2.24, 2.45) is 0 Å². The van der Waals surface area contributed by atoms with Gasteiger partial charge in [0, 0.05) is 24.9 Å². The first-order valence-electron chi connectivity index (χ1n) is 6.23. The predicted octanol–water partition coefficient (Wildman–Crippen LogP) is 2.67. The van der Waals surface area contributed by atoms with Crippen molar-refractivity contribution >= 4 is 0 Å². The molecule has 0 N–H and O–H groups in total. The number of rotatable bonds is 4. The van der Waals surface area contributed by atoms with Crippen LogP contribution in [0.15, 0.2) is 0 Å². The Morgan fingerprint density at radius 1 is 1.38 bits per heavy atom. The zero-order valence-electron chi connectivity index (χ0n) is 10.1. The molecule has 2 nitrogen and oxygen atoms in total. The van der Waals surface area contributed by atoms with E-state index in [0.717, 1.165) is 19.4 Å². The molecule has 0 aromatic rings. The van der Waals surface area contributed by atoms with Gasteiger partial charge in [0.15, 0.2) is 0 Å². The Kier molecular flexibility index (Phi) is 3.50. The first-order valence-corrected chi connectivity index (χ1v) is 6.23. The second-order valence-electron chi connectivity index (χ2n) is 5.33. The van der Waals surface area contributed by atoms with Crippen LogP contribution in [0.5, 0.6) is 0 Å². The third-order valence-electron chi connectivity index (χ3n) is 3.58. The van der Waals surface area contributed by atoms with E-state index in [0.29, 0.717) is 12.6 Å². The van der Waals surface area contributed by atoms with Gasteiger partial charge in [-0.2, -0.15) is 0 Å². The number of hydrogen-bond donors (Lipinski definition) is 0. The Morgan fingerprint density at radius 2 is 2.06 bits per heavy atom. The molecule has 0 aromatic carbocycles. The van der Waals surface area contributed by atoms with Gasteiger partial charge in [0.25, 0.3) is 5.92 Å². The highest BCUT2D eigenvalue weighted by molar-refractivity contribution is 4.97. The van der Waals surface area contributed by atoms with Crippen LogP contribution in [0.1, 0.15) is 39.5 Å². The first-order chi connectivity index (χ1) is 7.48. The average Bonchev–Trinajstić information content (AvgIpc) is 2.58. The lowest BCUT2D eigenvalue weighted by Gasteiger charge is -2.43. The number of alkyl halides is 2. The fourth-order valence-electron chi connectivity index (χ4n) is 2.69. The van der Waals surface area contributed by atoms with Crippen molar-refractivity contribution in [3.05, 3.63) is 0 Å². The van der Waals surface area contributed by atoms with Crippen LogP contribution >= 0.6 is 0 Å². The lowest BCUT2D eigenvalue weighted by Crippen LogP contribution is -2.53. The van der Waals surface area contributed by atoms with Crippen LogP contribution < -0.4 is 0 Å². The summed E-state index contributed by atoms with van der Waals surface area (Å²) in [7, 11) is 0. The number of halogens is 2. The fraction of sp³-hybridized carbons (Fsp3) is 1.00. The van der Waals surface area contributed by atoms with Gasteiger partial charge in [0.2, 0.25) is 0 Å². The minimum atomic E-state index is -2.41. The Hall–Kier alpha value is -0.220. The molecule has 0 aromatic heterocycles. The maximum atomic E-state index is 12.8. The average molecular weight is 233 g/mol. The SMILES string of the molecule is CC(C)OC[C@@H]1CCCN1C1CC(F)(F)C1. The highest BCUT2D eigenvalue weighted by Crippen LogP contribution is 2.42. The lowest BCUT2D eigenvalue weighted by atomic mass is 9.86. The minimum Gasteiger partial charge on any atom is -0.377 e. The minimum absolute atomic E-state index is 0.0468. The van der Waals surface area contributed by atoms with Crippen LogP contribution in [-0.4, -0.2) is 42.2 Å². The number of hydrogen-bond acceptors (Lipinski definition) is 2. The Balaban J connectivity index is 1.80. The standard InChI is InChI=1S/C12H21F2NO/c1-9(2)16-8-10-4-3-5-15(10)11-6-12(13,14)7-11/h9-11H,3-8H2,1-2H3/t10-/m0/s1. The van der Waals surface area contributed by atoms with E-state index in [1.807, 2.05) is 13.8 Å². The van der Waals surface area contributed by atoms with Crippen molar-refractivity contribution in [3.63, 3.8) is 0 Å². The van der Waals surface area contributed by atoms with Gasteiger partial charge in [-0.05, 0) is 33.2 Å². The van der Waals surface area contributed by atoms with Gasteiger partial charge in [-0.15, -0.1) is 0 Å². The van der Waals surface area contributed by atoms with Gasteiger partial charge in [-0.1, -0.05) is 0 Å². The predicted molar refractivity (Wildman–Crippen MR) is 58.8 cm³/mol. The molecule has 4 heteroatoms. The quantitative estimate of drug-likeness (QED) is 0.740. The maximum Gasteiger partial charge on any atom is 0.251 e. The van der Waals surface area contributed by atoms with Crippen LogP contribution in [0, 0.1) is 0 Å². The van der Waals surface area contributed by atoms with Gasteiger partial charge in [0.1, 0.15) is 0 Å². The molecule has 0 amide bonds. The van der Waals surface area contributed by atoms with Gasteiger partial charge in [0.05, 0.1) is 12.7 Å². The van der Waals surface area contributed by atoms with Crippen molar-refractivity contribution in [1.29, 1.82) is 0 Å². The van der Waals surface area contributed by atoms with Crippen molar-refractivity contribution in [2.45, 2.75) is 63.6 Å². The summed E-state index contributed by atoms with van der Waals surface area (Å²) in [6.45, 7) is 5.68. The fourth-order valence-corrected chi connectivity index (χ4v) is 2.69. The van der Waals surface area contributed by atoms with E-state index in [2.05, 4.69) is 4.90 Å². The van der Waals surface area contributed by atoms with E-state index in [9.17, 15) is 8.78 Å². The van der Waals surface area contributed by atoms with E-state index in [-0.39, 0.29) is 25.0 Å². The molecule has 0 spiro atoms. The summed E-state index contributed by atoms with van der Waals surface area (Å²) < 4.78 is 31.2. The number of likely N-dealkylation sites (tertiary alicyclic amines) is 1. The monoisotopic (exact) mass is 233 g/mol. The molecule has 2 fully saturated rings. The van der Waals surface area contributed by atoms with E-state index in [1.54, 1.807) is 0 Å². The molecule has 0 bridgehead atoms. The van der Waals surface area contributed by atoms with E-state index >= 15 is 0 Å². The summed E-state index contributed by atoms with van der Waals surface area (Å²) in [6.07, 6.45) is 2.53. The van der Waals surface area contributed by atoms with E-state index in [4.69, 9.17) is 4.74 Å². The summed E-state index contributed by atoms with van der Waals surface area (Å²) in [5, 5.41) is 0. The lowest BCUT2D eigenvalue weighted by molar-refractivity contribution is -0.131. The second-order valence-corrected chi connectivity index (χ2v) is 5.33. The Morgan fingerprint density at radius 3 is 2.62 bits per heavy atom. The Bertz CT molecular complexity index is 237. The van der Waals surface area contributed by atoms with Crippen molar-refractivity contribution in [3.8, 4) is 0 Å². The highest BCUT2D eigenvalue weighted by atomic mass is 19.3. The van der Waals surface area contributed by atoms with Gasteiger partial charge in [-0.3, -0.25) is 4.90 Å². The smallest absolute Gasteiger partial charge is 0.251 e. The van der Waals surface area contributed by atoms with Crippen molar-refractivity contribution < 1.29 is 13.5 Å². The van der Waals surface area contributed by atoms with Crippen molar-refractivity contribution in [1.82, 2.24) is 4.90 Å². The van der Waals surface area contributed by atoms with Crippen LogP contribution in [-0.2, 0) is 4.74 Å². The molecule has 16 heavy (non-hydrogen) atoms. The highest BCUT2D eigenvalue weighted by Gasteiger charge is 2.49. The number of ether oxygens (including phenoxy) is 1. The summed E-state index contributed by atoms with van der Waals surface area (Å²) in [6, 6.07) is 0.460. The molecule has 0 unspecified atom stereocenters. The second kappa shape index (κ2) is 4.57. The van der Waals surface area contributed by atoms with Crippen LogP contribution in [0.25, 0.3) is 0 Å². The first kappa shape index (κ1) is 12.2. The summed E-state index contributed by atoms with van der Waals surface area (Å²) in [5.74, 6) is -2.41. The summed E-state index contributed by atoms with van der Waals surface area (Å²) in [4.78, 5) is 2.24. The van der Waals surface area contributed by atoms with Gasteiger partial charge in [-0.25, -0.2) is 8.78 Å². The van der Waals surface area contributed by atoms with Crippen LogP contribution in [0.2, 0.25) is 0 Å². The van der Waals surface area contributed by atoms with E-state index < -0.39 is 5.92 Å². The maximum absolute atomic E-state index is 12.8. The molecule has 1 heterocycles. The molecule has 2 rings (SSSR count). The normalized spacial score (nSPS) is 30.9. The molecule has 1 aliphatic carbocycles. The molecule has 0 radical (unpaired) electrons. The van der Waals surface area contributed by atoms with Gasteiger partial charge >= 0.3 is 0 Å². The van der Waals surface area contributed by atoms with Gasteiger partial charge < -0.3 is 4.74 Å². The molecular formula is C12H21F2NO. The van der Waals surface area contributed by atoms with Crippen molar-refractivity contribution in [2.75, 3.05) is 13.2 Å². The van der Waals surface area contributed by atoms with Crippen LogP contribution in [0.3, 0.4) is 0 Å².